The van der Waals surface area contributed by atoms with Crippen LogP contribution in [0.25, 0.3) is 11.3 Å². The number of hydrazone groups is 1. The van der Waals surface area contributed by atoms with E-state index in [1.807, 2.05) is 69.3 Å². The van der Waals surface area contributed by atoms with Gasteiger partial charge >= 0.3 is 0 Å². The number of benzene rings is 2. The molecule has 7 heteroatoms. The van der Waals surface area contributed by atoms with E-state index in [2.05, 4.69) is 20.7 Å². The monoisotopic (exact) mass is 392 g/mol. The number of ether oxygens (including phenoxy) is 2. The molecule has 2 aromatic carbocycles. The van der Waals surface area contributed by atoms with E-state index < -0.39 is 0 Å². The minimum atomic E-state index is -0.352. The van der Waals surface area contributed by atoms with Gasteiger partial charge in [0.1, 0.15) is 17.2 Å². The van der Waals surface area contributed by atoms with Crippen molar-refractivity contribution < 1.29 is 14.3 Å². The Hall–Kier alpha value is -3.61. The highest BCUT2D eigenvalue weighted by atomic mass is 16.5. The number of aromatic amines is 1. The van der Waals surface area contributed by atoms with Crippen LogP contribution in [0, 0.1) is 6.92 Å². The van der Waals surface area contributed by atoms with Gasteiger partial charge in [-0.1, -0.05) is 0 Å². The summed E-state index contributed by atoms with van der Waals surface area (Å²) in [6, 6.07) is 15.0. The molecule has 0 bridgehead atoms. The molecule has 0 radical (unpaired) electrons. The molecule has 150 valence electrons. The molecule has 1 amide bonds. The van der Waals surface area contributed by atoms with Crippen LogP contribution in [0.15, 0.2) is 53.6 Å². The number of amides is 1. The van der Waals surface area contributed by atoms with E-state index in [0.29, 0.717) is 24.6 Å². The van der Waals surface area contributed by atoms with Crippen LogP contribution >= 0.6 is 0 Å². The zero-order valence-corrected chi connectivity index (χ0v) is 16.7. The third-order valence-corrected chi connectivity index (χ3v) is 4.25. The number of H-pyrrole nitrogens is 1. The maximum Gasteiger partial charge on any atom is 0.289 e. The number of hydrogen-bond donors (Lipinski definition) is 2. The molecule has 0 unspecified atom stereocenters. The second kappa shape index (κ2) is 9.54. The molecular weight excluding hydrogens is 368 g/mol. The van der Waals surface area contributed by atoms with Crippen molar-refractivity contribution in [3.63, 3.8) is 0 Å². The van der Waals surface area contributed by atoms with Crippen LogP contribution in [0.1, 0.15) is 35.5 Å². The van der Waals surface area contributed by atoms with Crippen molar-refractivity contribution in [3.8, 4) is 22.8 Å². The van der Waals surface area contributed by atoms with Crippen LogP contribution in [0.5, 0.6) is 11.5 Å². The summed E-state index contributed by atoms with van der Waals surface area (Å²) < 4.78 is 10.9. The van der Waals surface area contributed by atoms with E-state index in [-0.39, 0.29) is 5.91 Å². The Kier molecular flexibility index (Phi) is 6.63. The van der Waals surface area contributed by atoms with Gasteiger partial charge in [-0.25, -0.2) is 5.43 Å². The summed E-state index contributed by atoms with van der Waals surface area (Å²) in [5.41, 5.74) is 6.12. The van der Waals surface area contributed by atoms with E-state index in [1.165, 1.54) is 0 Å². The molecule has 2 N–H and O–H groups in total. The van der Waals surface area contributed by atoms with E-state index in [4.69, 9.17) is 9.47 Å². The molecule has 1 aromatic heterocycles. The molecule has 29 heavy (non-hydrogen) atoms. The molecule has 3 rings (SSSR count). The molecule has 1 heterocycles. The highest BCUT2D eigenvalue weighted by Gasteiger charge is 2.16. The fraction of sp³-hybridized carbons (Fsp3) is 0.227. The SMILES string of the molecule is CCOc1ccc(/C=N/NC(=O)c2[nH]nc(-c3ccc(OCC)cc3)c2C)cc1. The third kappa shape index (κ3) is 5.01. The van der Waals surface area contributed by atoms with Crippen LogP contribution in [-0.2, 0) is 0 Å². The molecular formula is C22H24N4O3. The Balaban J connectivity index is 1.65. The molecule has 0 aliphatic carbocycles. The van der Waals surface area contributed by atoms with Crippen molar-refractivity contribution in [2.75, 3.05) is 13.2 Å². The lowest BCUT2D eigenvalue weighted by molar-refractivity contribution is 0.0949. The van der Waals surface area contributed by atoms with Gasteiger partial charge in [0.25, 0.3) is 5.91 Å². The smallest absolute Gasteiger partial charge is 0.289 e. The second-order valence-electron chi connectivity index (χ2n) is 6.23. The Labute approximate surface area is 169 Å². The lowest BCUT2D eigenvalue weighted by atomic mass is 10.1. The third-order valence-electron chi connectivity index (χ3n) is 4.25. The van der Waals surface area contributed by atoms with Gasteiger partial charge in [0, 0.05) is 11.1 Å². The van der Waals surface area contributed by atoms with Crippen LogP contribution in [0.3, 0.4) is 0 Å². The maximum absolute atomic E-state index is 12.4. The highest BCUT2D eigenvalue weighted by molar-refractivity contribution is 5.96. The Morgan fingerprint density at radius 3 is 2.21 bits per heavy atom. The summed E-state index contributed by atoms with van der Waals surface area (Å²) in [6.07, 6.45) is 1.58. The molecule has 0 spiro atoms. The summed E-state index contributed by atoms with van der Waals surface area (Å²) >= 11 is 0. The topological polar surface area (TPSA) is 88.6 Å². The van der Waals surface area contributed by atoms with Crippen molar-refractivity contribution in [1.82, 2.24) is 15.6 Å². The Bertz CT molecular complexity index is 976. The summed E-state index contributed by atoms with van der Waals surface area (Å²) in [4.78, 5) is 12.4. The van der Waals surface area contributed by atoms with Crippen molar-refractivity contribution >= 4 is 12.1 Å². The second-order valence-corrected chi connectivity index (χ2v) is 6.23. The quantitative estimate of drug-likeness (QED) is 0.449. The van der Waals surface area contributed by atoms with Crippen LogP contribution in [0.4, 0.5) is 0 Å². The number of rotatable bonds is 8. The average molecular weight is 392 g/mol. The maximum atomic E-state index is 12.4. The number of aromatic nitrogens is 2. The van der Waals surface area contributed by atoms with Crippen molar-refractivity contribution in [2.24, 2.45) is 5.10 Å². The minimum absolute atomic E-state index is 0.352. The first kappa shape index (κ1) is 20.1. The molecule has 0 aliphatic heterocycles. The zero-order valence-electron chi connectivity index (χ0n) is 16.7. The molecule has 7 nitrogen and oxygen atoms in total. The summed E-state index contributed by atoms with van der Waals surface area (Å²) in [5.74, 6) is 1.24. The van der Waals surface area contributed by atoms with Crippen LogP contribution in [-0.4, -0.2) is 35.5 Å². The fourth-order valence-corrected chi connectivity index (χ4v) is 2.81. The Morgan fingerprint density at radius 1 is 1.03 bits per heavy atom. The van der Waals surface area contributed by atoms with Gasteiger partial charge in [-0.3, -0.25) is 9.89 Å². The number of carbonyl (C=O) groups is 1. The van der Waals surface area contributed by atoms with Gasteiger partial charge in [0.2, 0.25) is 0 Å². The first-order valence-corrected chi connectivity index (χ1v) is 9.46. The van der Waals surface area contributed by atoms with E-state index >= 15 is 0 Å². The molecule has 0 saturated heterocycles. The predicted octanol–water partition coefficient (Wildman–Crippen LogP) is 3.95. The van der Waals surface area contributed by atoms with E-state index in [9.17, 15) is 4.79 Å². The fourth-order valence-electron chi connectivity index (χ4n) is 2.81. The normalized spacial score (nSPS) is 10.9. The zero-order chi connectivity index (χ0) is 20.6. The van der Waals surface area contributed by atoms with Crippen molar-refractivity contribution in [2.45, 2.75) is 20.8 Å². The average Bonchev–Trinajstić information content (AvgIpc) is 3.12. The van der Waals surface area contributed by atoms with Gasteiger partial charge in [-0.2, -0.15) is 10.2 Å². The lowest BCUT2D eigenvalue weighted by Crippen LogP contribution is -2.19. The van der Waals surface area contributed by atoms with E-state index in [0.717, 1.165) is 28.2 Å². The predicted molar refractivity (Wildman–Crippen MR) is 113 cm³/mol. The summed E-state index contributed by atoms with van der Waals surface area (Å²) in [7, 11) is 0. The van der Waals surface area contributed by atoms with Crippen molar-refractivity contribution in [3.05, 3.63) is 65.4 Å². The van der Waals surface area contributed by atoms with Crippen LogP contribution in [0.2, 0.25) is 0 Å². The number of carbonyl (C=O) groups excluding carboxylic acids is 1. The van der Waals surface area contributed by atoms with Gasteiger partial charge in [0.05, 0.1) is 25.1 Å². The van der Waals surface area contributed by atoms with Gasteiger partial charge < -0.3 is 9.47 Å². The molecule has 0 atom stereocenters. The number of hydrogen-bond acceptors (Lipinski definition) is 5. The molecule has 0 fully saturated rings. The largest absolute Gasteiger partial charge is 0.494 e. The highest BCUT2D eigenvalue weighted by Crippen LogP contribution is 2.25. The van der Waals surface area contributed by atoms with Crippen molar-refractivity contribution in [1.29, 1.82) is 0 Å². The summed E-state index contributed by atoms with van der Waals surface area (Å²) in [5, 5.41) is 11.1. The summed E-state index contributed by atoms with van der Waals surface area (Å²) in [6.45, 7) is 6.95. The Morgan fingerprint density at radius 2 is 1.62 bits per heavy atom. The van der Waals surface area contributed by atoms with Gasteiger partial charge in [0.15, 0.2) is 0 Å². The molecule has 0 aliphatic rings. The first-order chi connectivity index (χ1) is 14.1. The molecule has 3 aromatic rings. The number of nitrogens with one attached hydrogen (secondary N) is 2. The number of nitrogens with zero attached hydrogens (tertiary/aromatic N) is 2. The first-order valence-electron chi connectivity index (χ1n) is 9.46. The van der Waals surface area contributed by atoms with Gasteiger partial charge in [-0.15, -0.1) is 0 Å². The lowest BCUT2D eigenvalue weighted by Gasteiger charge is -2.04. The van der Waals surface area contributed by atoms with E-state index in [1.54, 1.807) is 6.21 Å². The van der Waals surface area contributed by atoms with Gasteiger partial charge in [-0.05, 0) is 74.9 Å². The van der Waals surface area contributed by atoms with Crippen LogP contribution < -0.4 is 14.9 Å². The standard InChI is InChI=1S/C22H24N4O3/c1-4-28-18-10-6-16(7-11-18)14-23-26-22(27)21-15(3)20(24-25-21)17-8-12-19(13-9-17)29-5-2/h6-14H,4-5H2,1-3H3,(H,24,25)(H,26,27)/b23-14+. The molecule has 0 saturated carbocycles. The minimum Gasteiger partial charge on any atom is -0.494 e.